The van der Waals surface area contributed by atoms with E-state index in [4.69, 9.17) is 5.10 Å². The van der Waals surface area contributed by atoms with E-state index in [1.165, 1.54) is 11.1 Å². The van der Waals surface area contributed by atoms with E-state index in [2.05, 4.69) is 54.8 Å². The number of nitrogens with one attached hydrogen (secondary N) is 1. The van der Waals surface area contributed by atoms with Gasteiger partial charge in [0.15, 0.2) is 0 Å². The van der Waals surface area contributed by atoms with E-state index < -0.39 is 0 Å². The highest BCUT2D eigenvalue weighted by Crippen LogP contribution is 2.24. The maximum atomic E-state index is 11.7. The van der Waals surface area contributed by atoms with Gasteiger partial charge in [-0.15, -0.1) is 0 Å². The van der Waals surface area contributed by atoms with Crippen LogP contribution >= 0.6 is 0 Å². The molecule has 5 heteroatoms. The highest BCUT2D eigenvalue weighted by atomic mass is 16.2. The van der Waals surface area contributed by atoms with Crippen molar-refractivity contribution in [2.24, 2.45) is 0 Å². The van der Waals surface area contributed by atoms with Gasteiger partial charge in [0.05, 0.1) is 11.4 Å². The molecule has 2 heterocycles. The SMILES string of the molecule is Cc1ccc(-c2nn(-c3ccccc3)cc2CNCCCN2CCCC2=O)cc1. The molecule has 1 aliphatic rings. The van der Waals surface area contributed by atoms with Gasteiger partial charge >= 0.3 is 0 Å². The maximum Gasteiger partial charge on any atom is 0.222 e. The van der Waals surface area contributed by atoms with E-state index in [1.807, 2.05) is 27.8 Å². The molecule has 0 unspecified atom stereocenters. The predicted octanol–water partition coefficient (Wildman–Crippen LogP) is 3.95. The van der Waals surface area contributed by atoms with Gasteiger partial charge in [0.1, 0.15) is 0 Å². The van der Waals surface area contributed by atoms with Gasteiger partial charge in [0.2, 0.25) is 5.91 Å². The van der Waals surface area contributed by atoms with Crippen LogP contribution < -0.4 is 5.32 Å². The van der Waals surface area contributed by atoms with Crippen LogP contribution in [0.4, 0.5) is 0 Å². The summed E-state index contributed by atoms with van der Waals surface area (Å²) < 4.78 is 1.95. The summed E-state index contributed by atoms with van der Waals surface area (Å²) in [5.74, 6) is 0.302. The molecule has 1 amide bonds. The van der Waals surface area contributed by atoms with E-state index in [1.54, 1.807) is 0 Å². The highest BCUT2D eigenvalue weighted by molar-refractivity contribution is 5.78. The van der Waals surface area contributed by atoms with Crippen LogP contribution in [0.2, 0.25) is 0 Å². The Morgan fingerprint density at radius 3 is 2.59 bits per heavy atom. The molecule has 150 valence electrons. The Hall–Kier alpha value is -2.92. The number of hydrogen-bond donors (Lipinski definition) is 1. The number of hydrogen-bond acceptors (Lipinski definition) is 3. The molecule has 1 saturated heterocycles. The van der Waals surface area contributed by atoms with Crippen molar-refractivity contribution >= 4 is 5.91 Å². The molecule has 1 fully saturated rings. The Morgan fingerprint density at radius 2 is 1.86 bits per heavy atom. The predicted molar refractivity (Wildman–Crippen MR) is 116 cm³/mol. The molecule has 5 nitrogen and oxygen atoms in total. The molecule has 0 radical (unpaired) electrons. The maximum absolute atomic E-state index is 11.7. The second-order valence-electron chi connectivity index (χ2n) is 7.66. The quantitative estimate of drug-likeness (QED) is 0.595. The van der Waals surface area contributed by atoms with Crippen LogP contribution in [0.15, 0.2) is 60.8 Å². The fraction of sp³-hybridized carbons (Fsp3) is 0.333. The Labute approximate surface area is 172 Å². The molecule has 1 N–H and O–H groups in total. The standard InChI is InChI=1S/C24H28N4O/c1-19-10-12-20(13-11-19)24-21(18-28(26-24)22-7-3-2-4-8-22)17-25-14-6-16-27-15-5-9-23(27)29/h2-4,7-8,10-13,18,25H,5-6,9,14-17H2,1H3. The van der Waals surface area contributed by atoms with Crippen LogP contribution in [-0.4, -0.2) is 40.2 Å². The van der Waals surface area contributed by atoms with Gasteiger partial charge in [0.25, 0.3) is 0 Å². The second kappa shape index (κ2) is 9.05. The summed E-state index contributed by atoms with van der Waals surface area (Å²) in [6.07, 6.45) is 4.80. The number of para-hydroxylation sites is 1. The van der Waals surface area contributed by atoms with Crippen LogP contribution in [0.5, 0.6) is 0 Å². The Kier molecular flexibility index (Phi) is 6.06. The normalized spacial score (nSPS) is 14.0. The lowest BCUT2D eigenvalue weighted by molar-refractivity contribution is -0.127. The van der Waals surface area contributed by atoms with Crippen molar-refractivity contribution in [3.8, 4) is 16.9 Å². The number of likely N-dealkylation sites (tertiary alicyclic amines) is 1. The fourth-order valence-corrected chi connectivity index (χ4v) is 3.76. The van der Waals surface area contributed by atoms with Crippen LogP contribution in [0.3, 0.4) is 0 Å². The zero-order chi connectivity index (χ0) is 20.1. The van der Waals surface area contributed by atoms with Crippen LogP contribution in [-0.2, 0) is 11.3 Å². The third-order valence-electron chi connectivity index (χ3n) is 5.40. The first kappa shape index (κ1) is 19.4. The van der Waals surface area contributed by atoms with Crippen LogP contribution in [0.25, 0.3) is 16.9 Å². The summed E-state index contributed by atoms with van der Waals surface area (Å²) in [4.78, 5) is 13.7. The molecule has 29 heavy (non-hydrogen) atoms. The average molecular weight is 389 g/mol. The van der Waals surface area contributed by atoms with Gasteiger partial charge in [-0.2, -0.15) is 5.10 Å². The number of aryl methyl sites for hydroxylation is 1. The first-order chi connectivity index (χ1) is 14.2. The molecule has 4 rings (SSSR count). The van der Waals surface area contributed by atoms with Crippen molar-refractivity contribution in [1.29, 1.82) is 0 Å². The number of aromatic nitrogens is 2. The molecule has 0 aliphatic carbocycles. The zero-order valence-electron chi connectivity index (χ0n) is 17.0. The van der Waals surface area contributed by atoms with Crippen LogP contribution in [0.1, 0.15) is 30.4 Å². The van der Waals surface area contributed by atoms with Gasteiger partial charge in [-0.05, 0) is 38.4 Å². The monoisotopic (exact) mass is 388 g/mol. The summed E-state index contributed by atoms with van der Waals surface area (Å²) in [6, 6.07) is 18.7. The summed E-state index contributed by atoms with van der Waals surface area (Å²) in [5.41, 5.74) is 5.61. The first-order valence-corrected chi connectivity index (χ1v) is 10.4. The van der Waals surface area contributed by atoms with E-state index >= 15 is 0 Å². The molecule has 2 aromatic carbocycles. The molecule has 3 aromatic rings. The smallest absolute Gasteiger partial charge is 0.222 e. The molecular formula is C24H28N4O. The summed E-state index contributed by atoms with van der Waals surface area (Å²) in [6.45, 7) is 5.50. The van der Waals surface area contributed by atoms with E-state index in [9.17, 15) is 4.79 Å². The van der Waals surface area contributed by atoms with Crippen molar-refractivity contribution in [1.82, 2.24) is 20.0 Å². The second-order valence-corrected chi connectivity index (χ2v) is 7.66. The van der Waals surface area contributed by atoms with Gasteiger partial charge in [-0.1, -0.05) is 48.0 Å². The number of nitrogens with zero attached hydrogens (tertiary/aromatic N) is 3. The summed E-state index contributed by atoms with van der Waals surface area (Å²) in [5, 5.41) is 8.41. The number of carbonyl (C=O) groups excluding carboxylic acids is 1. The largest absolute Gasteiger partial charge is 0.343 e. The number of amides is 1. The lowest BCUT2D eigenvalue weighted by Gasteiger charge is -2.15. The minimum atomic E-state index is 0.302. The number of benzene rings is 2. The fourth-order valence-electron chi connectivity index (χ4n) is 3.76. The Morgan fingerprint density at radius 1 is 1.07 bits per heavy atom. The Balaban J connectivity index is 1.45. The topological polar surface area (TPSA) is 50.2 Å². The zero-order valence-corrected chi connectivity index (χ0v) is 17.0. The molecule has 0 saturated carbocycles. The number of carbonyl (C=O) groups is 1. The van der Waals surface area contributed by atoms with Crippen molar-refractivity contribution in [2.45, 2.75) is 32.7 Å². The van der Waals surface area contributed by atoms with Crippen molar-refractivity contribution in [3.05, 3.63) is 71.9 Å². The lowest BCUT2D eigenvalue weighted by Crippen LogP contribution is -2.28. The molecule has 1 aromatic heterocycles. The molecule has 0 atom stereocenters. The van der Waals surface area contributed by atoms with Gasteiger partial charge in [-0.3, -0.25) is 4.79 Å². The van der Waals surface area contributed by atoms with Crippen molar-refractivity contribution in [2.75, 3.05) is 19.6 Å². The average Bonchev–Trinajstić information content (AvgIpc) is 3.35. The minimum absolute atomic E-state index is 0.302. The lowest BCUT2D eigenvalue weighted by atomic mass is 10.1. The molecular weight excluding hydrogens is 360 g/mol. The third kappa shape index (κ3) is 4.74. The molecule has 0 spiro atoms. The van der Waals surface area contributed by atoms with E-state index in [-0.39, 0.29) is 0 Å². The first-order valence-electron chi connectivity index (χ1n) is 10.4. The summed E-state index contributed by atoms with van der Waals surface area (Å²) in [7, 11) is 0. The van der Waals surface area contributed by atoms with Crippen molar-refractivity contribution in [3.63, 3.8) is 0 Å². The minimum Gasteiger partial charge on any atom is -0.343 e. The summed E-state index contributed by atoms with van der Waals surface area (Å²) >= 11 is 0. The molecule has 1 aliphatic heterocycles. The number of rotatable bonds is 8. The Bertz CT molecular complexity index is 947. The van der Waals surface area contributed by atoms with Gasteiger partial charge in [0, 0.05) is 43.4 Å². The van der Waals surface area contributed by atoms with Crippen LogP contribution in [0, 0.1) is 6.92 Å². The van der Waals surface area contributed by atoms with Gasteiger partial charge in [-0.25, -0.2) is 4.68 Å². The van der Waals surface area contributed by atoms with E-state index in [0.29, 0.717) is 12.3 Å². The van der Waals surface area contributed by atoms with E-state index in [0.717, 1.165) is 56.0 Å². The van der Waals surface area contributed by atoms with Crippen molar-refractivity contribution < 1.29 is 4.79 Å². The molecule has 0 bridgehead atoms. The highest BCUT2D eigenvalue weighted by Gasteiger charge is 2.19. The third-order valence-corrected chi connectivity index (χ3v) is 5.40. The van der Waals surface area contributed by atoms with Gasteiger partial charge < -0.3 is 10.2 Å².